The summed E-state index contributed by atoms with van der Waals surface area (Å²) in [4.78, 5) is 2.51. The predicted octanol–water partition coefficient (Wildman–Crippen LogP) is 0.709. The average Bonchev–Trinajstić information content (AvgIpc) is 2.86. The average molecular weight is 242 g/mol. The van der Waals surface area contributed by atoms with Gasteiger partial charge >= 0.3 is 0 Å². The molecule has 0 saturated carbocycles. The summed E-state index contributed by atoms with van der Waals surface area (Å²) in [6, 6.07) is 0.288. The summed E-state index contributed by atoms with van der Waals surface area (Å²) in [7, 11) is 1.79. The minimum Gasteiger partial charge on any atom is -0.384 e. The summed E-state index contributed by atoms with van der Waals surface area (Å²) in [5.74, 6) is 1.33. The zero-order chi connectivity index (χ0) is 12.1. The fourth-order valence-electron chi connectivity index (χ4n) is 2.91. The van der Waals surface area contributed by atoms with Crippen molar-refractivity contribution in [2.45, 2.75) is 25.3 Å². The maximum absolute atomic E-state index is 6.26. The molecule has 2 N–H and O–H groups in total. The first-order chi connectivity index (χ1) is 8.29. The van der Waals surface area contributed by atoms with Crippen molar-refractivity contribution in [3.05, 3.63) is 0 Å². The Balaban J connectivity index is 1.66. The van der Waals surface area contributed by atoms with Crippen LogP contribution in [-0.2, 0) is 9.47 Å². The summed E-state index contributed by atoms with van der Waals surface area (Å²) < 4.78 is 10.6. The zero-order valence-corrected chi connectivity index (χ0v) is 10.9. The van der Waals surface area contributed by atoms with E-state index in [0.717, 1.165) is 38.7 Å². The second-order valence-corrected chi connectivity index (χ2v) is 5.49. The molecule has 2 rings (SSSR count). The van der Waals surface area contributed by atoms with E-state index >= 15 is 0 Å². The van der Waals surface area contributed by atoms with Gasteiger partial charge in [-0.15, -0.1) is 0 Å². The Bertz CT molecular complexity index is 211. The van der Waals surface area contributed by atoms with Gasteiger partial charge in [0.05, 0.1) is 6.61 Å². The lowest BCUT2D eigenvalue weighted by Gasteiger charge is -2.34. The molecule has 0 aromatic carbocycles. The number of methoxy groups -OCH3 is 1. The van der Waals surface area contributed by atoms with Gasteiger partial charge in [-0.2, -0.15) is 0 Å². The Kier molecular flexibility index (Phi) is 5.22. The number of hydrogen-bond donors (Lipinski definition) is 1. The molecule has 0 aliphatic carbocycles. The van der Waals surface area contributed by atoms with E-state index in [1.165, 1.54) is 25.9 Å². The molecule has 0 aromatic rings. The van der Waals surface area contributed by atoms with E-state index in [1.807, 2.05) is 0 Å². The van der Waals surface area contributed by atoms with Gasteiger partial charge in [0.1, 0.15) is 0 Å². The highest BCUT2D eigenvalue weighted by atomic mass is 16.5. The van der Waals surface area contributed by atoms with E-state index in [-0.39, 0.29) is 6.04 Å². The molecule has 4 heteroatoms. The van der Waals surface area contributed by atoms with Gasteiger partial charge in [-0.1, -0.05) is 0 Å². The normalized spacial score (nSPS) is 29.6. The largest absolute Gasteiger partial charge is 0.384 e. The second kappa shape index (κ2) is 6.69. The number of nitrogens with zero attached hydrogens (tertiary/aromatic N) is 1. The molecule has 0 aromatic heterocycles. The molecular weight excluding hydrogens is 216 g/mol. The van der Waals surface area contributed by atoms with Crippen molar-refractivity contribution in [3.63, 3.8) is 0 Å². The van der Waals surface area contributed by atoms with Crippen LogP contribution in [-0.4, -0.2) is 57.5 Å². The summed E-state index contributed by atoms with van der Waals surface area (Å²) in [6.45, 7) is 6.06. The van der Waals surface area contributed by atoms with Crippen molar-refractivity contribution in [2.75, 3.05) is 46.6 Å². The van der Waals surface area contributed by atoms with Crippen LogP contribution in [0.3, 0.4) is 0 Å². The summed E-state index contributed by atoms with van der Waals surface area (Å²) in [6.07, 6.45) is 3.64. The monoisotopic (exact) mass is 242 g/mol. The molecule has 17 heavy (non-hydrogen) atoms. The molecule has 2 heterocycles. The van der Waals surface area contributed by atoms with Crippen LogP contribution >= 0.6 is 0 Å². The Morgan fingerprint density at radius 2 is 2.12 bits per heavy atom. The molecule has 0 spiro atoms. The summed E-state index contributed by atoms with van der Waals surface area (Å²) in [5, 5.41) is 0. The van der Waals surface area contributed by atoms with Crippen LogP contribution in [0.4, 0.5) is 0 Å². The fraction of sp³-hybridized carbons (Fsp3) is 1.00. The third kappa shape index (κ3) is 3.91. The Labute approximate surface area is 104 Å². The standard InChI is InChI=1S/C13H26N2O2/c1-16-9-11-2-5-15(6-3-11)8-13(14)12-4-7-17-10-12/h11-13H,2-10,14H2,1H3. The van der Waals surface area contributed by atoms with Gasteiger partial charge in [0.25, 0.3) is 0 Å². The van der Waals surface area contributed by atoms with Gasteiger partial charge in [0.15, 0.2) is 0 Å². The van der Waals surface area contributed by atoms with Gasteiger partial charge in [-0.25, -0.2) is 0 Å². The van der Waals surface area contributed by atoms with Crippen LogP contribution in [0.25, 0.3) is 0 Å². The van der Waals surface area contributed by atoms with Crippen LogP contribution in [0.2, 0.25) is 0 Å². The maximum Gasteiger partial charge on any atom is 0.0510 e. The molecule has 2 saturated heterocycles. The lowest BCUT2D eigenvalue weighted by molar-refractivity contribution is 0.0927. The smallest absolute Gasteiger partial charge is 0.0510 e. The van der Waals surface area contributed by atoms with Gasteiger partial charge in [-0.3, -0.25) is 0 Å². The van der Waals surface area contributed by atoms with Crippen LogP contribution in [0, 0.1) is 11.8 Å². The molecule has 0 bridgehead atoms. The number of nitrogens with two attached hydrogens (primary N) is 1. The first-order valence-corrected chi connectivity index (χ1v) is 6.84. The van der Waals surface area contributed by atoms with E-state index in [1.54, 1.807) is 7.11 Å². The van der Waals surface area contributed by atoms with E-state index in [0.29, 0.717) is 5.92 Å². The molecule has 2 atom stereocenters. The first kappa shape index (κ1) is 13.3. The van der Waals surface area contributed by atoms with E-state index in [4.69, 9.17) is 15.2 Å². The minimum atomic E-state index is 0.288. The Morgan fingerprint density at radius 3 is 2.71 bits per heavy atom. The highest BCUT2D eigenvalue weighted by Gasteiger charge is 2.26. The Hall–Kier alpha value is -0.160. The quantitative estimate of drug-likeness (QED) is 0.771. The van der Waals surface area contributed by atoms with E-state index in [2.05, 4.69) is 4.90 Å². The molecule has 2 aliphatic heterocycles. The first-order valence-electron chi connectivity index (χ1n) is 6.84. The van der Waals surface area contributed by atoms with Crippen LogP contribution in [0.1, 0.15) is 19.3 Å². The van der Waals surface area contributed by atoms with E-state index < -0.39 is 0 Å². The molecule has 2 unspecified atom stereocenters. The lowest BCUT2D eigenvalue weighted by atomic mass is 9.95. The molecule has 2 aliphatic rings. The summed E-state index contributed by atoms with van der Waals surface area (Å²) >= 11 is 0. The third-order valence-corrected chi connectivity index (χ3v) is 4.15. The van der Waals surface area contributed by atoms with Crippen molar-refractivity contribution in [3.8, 4) is 0 Å². The predicted molar refractivity (Wildman–Crippen MR) is 67.9 cm³/mol. The van der Waals surface area contributed by atoms with Gasteiger partial charge in [0, 0.05) is 38.8 Å². The second-order valence-electron chi connectivity index (χ2n) is 5.49. The van der Waals surface area contributed by atoms with Crippen molar-refractivity contribution in [1.82, 2.24) is 4.90 Å². The molecular formula is C13H26N2O2. The van der Waals surface area contributed by atoms with Crippen molar-refractivity contribution in [1.29, 1.82) is 0 Å². The van der Waals surface area contributed by atoms with Crippen molar-refractivity contribution in [2.24, 2.45) is 17.6 Å². The Morgan fingerprint density at radius 1 is 1.35 bits per heavy atom. The molecule has 0 radical (unpaired) electrons. The maximum atomic E-state index is 6.26. The minimum absolute atomic E-state index is 0.288. The highest BCUT2D eigenvalue weighted by molar-refractivity contribution is 4.81. The number of ether oxygens (including phenoxy) is 2. The molecule has 2 fully saturated rings. The van der Waals surface area contributed by atoms with Gasteiger partial charge in [-0.05, 0) is 38.3 Å². The SMILES string of the molecule is COCC1CCN(CC(N)C2CCOC2)CC1. The van der Waals surface area contributed by atoms with Gasteiger partial charge in [0.2, 0.25) is 0 Å². The topological polar surface area (TPSA) is 47.7 Å². The van der Waals surface area contributed by atoms with Crippen LogP contribution in [0.5, 0.6) is 0 Å². The van der Waals surface area contributed by atoms with Crippen LogP contribution in [0.15, 0.2) is 0 Å². The molecule has 100 valence electrons. The highest BCUT2D eigenvalue weighted by Crippen LogP contribution is 2.20. The van der Waals surface area contributed by atoms with Crippen LogP contribution < -0.4 is 5.73 Å². The van der Waals surface area contributed by atoms with Crippen molar-refractivity contribution >= 4 is 0 Å². The summed E-state index contributed by atoms with van der Waals surface area (Å²) in [5.41, 5.74) is 6.26. The lowest BCUT2D eigenvalue weighted by Crippen LogP contribution is -2.45. The fourth-order valence-corrected chi connectivity index (χ4v) is 2.91. The number of hydrogen-bond acceptors (Lipinski definition) is 4. The number of likely N-dealkylation sites (tertiary alicyclic amines) is 1. The number of rotatable bonds is 5. The molecule has 4 nitrogen and oxygen atoms in total. The van der Waals surface area contributed by atoms with E-state index in [9.17, 15) is 0 Å². The number of piperidine rings is 1. The van der Waals surface area contributed by atoms with Gasteiger partial charge < -0.3 is 20.1 Å². The zero-order valence-electron chi connectivity index (χ0n) is 10.9. The molecule has 0 amide bonds. The van der Waals surface area contributed by atoms with Crippen molar-refractivity contribution < 1.29 is 9.47 Å². The third-order valence-electron chi connectivity index (χ3n) is 4.15.